The maximum atomic E-state index is 12.6. The summed E-state index contributed by atoms with van der Waals surface area (Å²) in [6, 6.07) is 11.4. The van der Waals surface area contributed by atoms with E-state index >= 15 is 0 Å². The molecule has 0 aliphatic rings. The van der Waals surface area contributed by atoms with Gasteiger partial charge in [-0.25, -0.2) is 0 Å². The van der Waals surface area contributed by atoms with E-state index in [4.69, 9.17) is 4.42 Å². The van der Waals surface area contributed by atoms with E-state index in [0.717, 1.165) is 12.0 Å². The van der Waals surface area contributed by atoms with Crippen LogP contribution in [0.15, 0.2) is 52.2 Å². The van der Waals surface area contributed by atoms with Crippen LogP contribution in [0.5, 0.6) is 0 Å². The van der Waals surface area contributed by atoms with E-state index in [-0.39, 0.29) is 11.0 Å². The second-order valence-corrected chi connectivity index (χ2v) is 6.83. The number of aromatic nitrogens is 3. The minimum Gasteiger partial charge on any atom is -0.461 e. The van der Waals surface area contributed by atoms with Gasteiger partial charge in [-0.05, 0) is 31.0 Å². The summed E-state index contributed by atoms with van der Waals surface area (Å²) in [6.45, 7) is 3.99. The molecule has 5 nitrogen and oxygen atoms in total. The lowest BCUT2D eigenvalue weighted by Crippen LogP contribution is -2.14. The topological polar surface area (TPSA) is 60.9 Å². The molecule has 2 heterocycles. The number of Topliss-reactive ketones (excluding diaryl/α,β-unsaturated/α-hetero) is 1. The van der Waals surface area contributed by atoms with Gasteiger partial charge in [0.25, 0.3) is 0 Å². The fourth-order valence-electron chi connectivity index (χ4n) is 2.39. The first kappa shape index (κ1) is 16.5. The number of thioether (sulfide) groups is 1. The fourth-order valence-corrected chi connectivity index (χ4v) is 3.28. The van der Waals surface area contributed by atoms with Gasteiger partial charge in [0.1, 0.15) is 0 Å². The van der Waals surface area contributed by atoms with Crippen molar-refractivity contribution >= 4 is 17.5 Å². The van der Waals surface area contributed by atoms with Crippen LogP contribution in [-0.2, 0) is 13.5 Å². The molecule has 0 fully saturated rings. The molecule has 0 bridgehead atoms. The third-order valence-corrected chi connectivity index (χ3v) is 5.01. The highest BCUT2D eigenvalue weighted by Gasteiger charge is 2.21. The molecule has 0 N–H and O–H groups in total. The van der Waals surface area contributed by atoms with E-state index in [2.05, 4.69) is 17.1 Å². The number of carbonyl (C=O) groups excluding carboxylic acids is 1. The zero-order valence-corrected chi connectivity index (χ0v) is 14.7. The monoisotopic (exact) mass is 341 g/mol. The summed E-state index contributed by atoms with van der Waals surface area (Å²) >= 11 is 1.40. The summed E-state index contributed by atoms with van der Waals surface area (Å²) in [7, 11) is 1.87. The second kappa shape index (κ2) is 7.05. The number of aryl methyl sites for hydroxylation is 1. The molecule has 0 radical (unpaired) electrons. The predicted molar refractivity (Wildman–Crippen MR) is 94.2 cm³/mol. The smallest absolute Gasteiger partial charge is 0.200 e. The minimum atomic E-state index is -0.246. The van der Waals surface area contributed by atoms with Crippen molar-refractivity contribution in [2.24, 2.45) is 7.05 Å². The molecule has 6 heteroatoms. The molecule has 3 aromatic rings. The van der Waals surface area contributed by atoms with E-state index < -0.39 is 0 Å². The van der Waals surface area contributed by atoms with Crippen LogP contribution in [0.3, 0.4) is 0 Å². The summed E-state index contributed by atoms with van der Waals surface area (Å²) in [5.41, 5.74) is 1.95. The lowest BCUT2D eigenvalue weighted by molar-refractivity contribution is 0.0994. The van der Waals surface area contributed by atoms with Crippen molar-refractivity contribution in [3.8, 4) is 11.6 Å². The quantitative estimate of drug-likeness (QED) is 0.501. The van der Waals surface area contributed by atoms with Gasteiger partial charge in [0, 0.05) is 12.6 Å². The van der Waals surface area contributed by atoms with Gasteiger partial charge in [-0.15, -0.1) is 10.2 Å². The van der Waals surface area contributed by atoms with Crippen LogP contribution >= 0.6 is 11.8 Å². The number of hydrogen-bond acceptors (Lipinski definition) is 5. The van der Waals surface area contributed by atoms with E-state index in [1.807, 2.05) is 54.9 Å². The van der Waals surface area contributed by atoms with Crippen molar-refractivity contribution in [1.29, 1.82) is 0 Å². The summed E-state index contributed by atoms with van der Waals surface area (Å²) in [5, 5.41) is 8.77. The SMILES string of the molecule is CCc1ccc(C(=O)[C@@H](C)Sc2nnc(-c3ccco3)n2C)cc1. The van der Waals surface area contributed by atoms with Gasteiger partial charge in [0.2, 0.25) is 0 Å². The Morgan fingerprint density at radius 1 is 1.25 bits per heavy atom. The Hall–Kier alpha value is -2.34. The van der Waals surface area contributed by atoms with Crippen LogP contribution in [0, 0.1) is 0 Å². The average molecular weight is 341 g/mol. The summed E-state index contributed by atoms with van der Waals surface area (Å²) in [4.78, 5) is 12.6. The van der Waals surface area contributed by atoms with E-state index in [1.54, 1.807) is 6.26 Å². The highest BCUT2D eigenvalue weighted by Crippen LogP contribution is 2.27. The Morgan fingerprint density at radius 2 is 2.00 bits per heavy atom. The van der Waals surface area contributed by atoms with Gasteiger partial charge in [-0.1, -0.05) is 43.0 Å². The number of furan rings is 1. The molecule has 2 aromatic heterocycles. The standard InChI is InChI=1S/C18H19N3O2S/c1-4-13-7-9-14(10-8-13)16(22)12(2)24-18-20-19-17(21(18)3)15-6-5-11-23-15/h5-12H,4H2,1-3H3/t12-/m1/s1. The van der Waals surface area contributed by atoms with Crippen LogP contribution in [0.2, 0.25) is 0 Å². The minimum absolute atomic E-state index is 0.0881. The Morgan fingerprint density at radius 3 is 2.62 bits per heavy atom. The van der Waals surface area contributed by atoms with Crippen molar-refractivity contribution in [2.75, 3.05) is 0 Å². The molecular weight excluding hydrogens is 322 g/mol. The van der Waals surface area contributed by atoms with Crippen molar-refractivity contribution in [3.05, 3.63) is 53.8 Å². The molecule has 1 atom stereocenters. The molecule has 1 aromatic carbocycles. The van der Waals surface area contributed by atoms with Crippen molar-refractivity contribution in [2.45, 2.75) is 30.7 Å². The molecule has 0 aliphatic heterocycles. The first-order valence-corrected chi connectivity index (χ1v) is 8.71. The molecule has 24 heavy (non-hydrogen) atoms. The van der Waals surface area contributed by atoms with E-state index in [9.17, 15) is 4.79 Å². The van der Waals surface area contributed by atoms with Gasteiger partial charge in [-0.3, -0.25) is 4.79 Å². The maximum absolute atomic E-state index is 12.6. The third-order valence-electron chi connectivity index (χ3n) is 3.87. The van der Waals surface area contributed by atoms with Crippen LogP contribution in [0.1, 0.15) is 29.8 Å². The maximum Gasteiger partial charge on any atom is 0.200 e. The van der Waals surface area contributed by atoms with Gasteiger partial charge in [0.15, 0.2) is 22.5 Å². The summed E-state index contributed by atoms with van der Waals surface area (Å²) in [5.74, 6) is 1.39. The number of benzene rings is 1. The second-order valence-electron chi connectivity index (χ2n) is 5.52. The molecule has 0 aliphatic carbocycles. The molecule has 0 amide bonds. The molecule has 124 valence electrons. The molecule has 0 saturated carbocycles. The van der Waals surface area contributed by atoms with Gasteiger partial charge >= 0.3 is 0 Å². The average Bonchev–Trinajstić information content (AvgIpc) is 3.25. The number of nitrogens with zero attached hydrogens (tertiary/aromatic N) is 3. The number of hydrogen-bond donors (Lipinski definition) is 0. The number of ketones is 1. The van der Waals surface area contributed by atoms with Crippen LogP contribution in [0.25, 0.3) is 11.6 Å². The first-order valence-electron chi connectivity index (χ1n) is 7.83. The molecule has 0 saturated heterocycles. The van der Waals surface area contributed by atoms with E-state index in [1.165, 1.54) is 17.3 Å². The summed E-state index contributed by atoms with van der Waals surface area (Å²) in [6.07, 6.45) is 2.57. The van der Waals surface area contributed by atoms with Crippen LogP contribution in [0.4, 0.5) is 0 Å². The zero-order valence-electron chi connectivity index (χ0n) is 13.9. The van der Waals surface area contributed by atoms with Crippen LogP contribution < -0.4 is 0 Å². The van der Waals surface area contributed by atoms with Crippen molar-refractivity contribution < 1.29 is 9.21 Å². The molecular formula is C18H19N3O2S. The highest BCUT2D eigenvalue weighted by atomic mass is 32.2. The molecule has 3 rings (SSSR count). The fraction of sp³-hybridized carbons (Fsp3) is 0.278. The lowest BCUT2D eigenvalue weighted by Gasteiger charge is -2.10. The Bertz CT molecular complexity index is 823. The molecule has 0 unspecified atom stereocenters. The Labute approximate surface area is 145 Å². The van der Waals surface area contributed by atoms with Gasteiger partial charge in [-0.2, -0.15) is 0 Å². The lowest BCUT2D eigenvalue weighted by atomic mass is 10.1. The Balaban J connectivity index is 1.74. The van der Waals surface area contributed by atoms with Crippen molar-refractivity contribution in [3.63, 3.8) is 0 Å². The largest absolute Gasteiger partial charge is 0.461 e. The third kappa shape index (κ3) is 3.28. The van der Waals surface area contributed by atoms with Crippen LogP contribution in [-0.4, -0.2) is 25.8 Å². The Kier molecular flexibility index (Phi) is 4.85. The zero-order chi connectivity index (χ0) is 17.1. The van der Waals surface area contributed by atoms with Crippen molar-refractivity contribution in [1.82, 2.24) is 14.8 Å². The van der Waals surface area contributed by atoms with Gasteiger partial charge < -0.3 is 8.98 Å². The number of rotatable bonds is 6. The number of carbonyl (C=O) groups is 1. The first-order chi connectivity index (χ1) is 11.6. The predicted octanol–water partition coefficient (Wildman–Crippen LogP) is 4.00. The normalized spacial score (nSPS) is 12.3. The highest BCUT2D eigenvalue weighted by molar-refractivity contribution is 8.00. The van der Waals surface area contributed by atoms with Gasteiger partial charge in [0.05, 0.1) is 11.5 Å². The van der Waals surface area contributed by atoms with E-state index in [0.29, 0.717) is 16.7 Å². The summed E-state index contributed by atoms with van der Waals surface area (Å²) < 4.78 is 7.20. The molecule has 0 spiro atoms.